The van der Waals surface area contributed by atoms with Crippen LogP contribution in [0.2, 0.25) is 0 Å². The van der Waals surface area contributed by atoms with E-state index in [0.717, 1.165) is 68.7 Å². The number of rotatable bonds is 10. The largest absolute Gasteiger partial charge is 0.466 e. The smallest absolute Gasteiger partial charge is 0.309 e. The lowest BCUT2D eigenvalue weighted by atomic mass is 9.94. The van der Waals surface area contributed by atoms with E-state index in [1.165, 1.54) is 22.4 Å². The Balaban J connectivity index is 1.44. The maximum atomic E-state index is 12.0. The van der Waals surface area contributed by atoms with Crippen molar-refractivity contribution in [2.75, 3.05) is 26.2 Å². The van der Waals surface area contributed by atoms with Crippen LogP contribution in [-0.2, 0) is 28.9 Å². The maximum Gasteiger partial charge on any atom is 0.309 e. The molecule has 0 N–H and O–H groups in total. The van der Waals surface area contributed by atoms with Crippen LogP contribution in [-0.4, -0.2) is 57.0 Å². The summed E-state index contributed by atoms with van der Waals surface area (Å²) in [5.74, 6) is 1.62. The number of benzene rings is 1. The van der Waals surface area contributed by atoms with E-state index >= 15 is 0 Å². The van der Waals surface area contributed by atoms with Gasteiger partial charge in [0.25, 0.3) is 5.89 Å². The molecule has 0 amide bonds. The van der Waals surface area contributed by atoms with Gasteiger partial charge < -0.3 is 14.2 Å². The molecule has 0 radical (unpaired) electrons. The van der Waals surface area contributed by atoms with Crippen molar-refractivity contribution in [3.63, 3.8) is 0 Å². The van der Waals surface area contributed by atoms with E-state index in [0.29, 0.717) is 24.2 Å². The van der Waals surface area contributed by atoms with Gasteiger partial charge in [-0.3, -0.25) is 9.48 Å². The van der Waals surface area contributed by atoms with Crippen molar-refractivity contribution in [2.45, 2.75) is 80.7 Å². The Hall–Kier alpha value is -3.00. The summed E-state index contributed by atoms with van der Waals surface area (Å²) in [5.41, 5.74) is 7.92. The molecule has 206 valence electrons. The fourth-order valence-electron chi connectivity index (χ4n) is 5.57. The number of piperidine rings is 1. The number of ether oxygens (including phenoxy) is 1. The first kappa shape index (κ1) is 28.0. The highest BCUT2D eigenvalue weighted by atomic mass is 16.5. The van der Waals surface area contributed by atoms with E-state index in [2.05, 4.69) is 68.4 Å². The molecular formula is C30H43N5O3. The normalized spacial score (nSPS) is 14.9. The summed E-state index contributed by atoms with van der Waals surface area (Å²) >= 11 is 0. The molecule has 0 atom stereocenters. The second-order valence-corrected chi connectivity index (χ2v) is 11.0. The zero-order chi connectivity index (χ0) is 27.4. The zero-order valence-corrected chi connectivity index (χ0v) is 24.1. The minimum absolute atomic E-state index is 0.0380. The summed E-state index contributed by atoms with van der Waals surface area (Å²) in [6.45, 7) is 19.0. The molecule has 1 saturated heterocycles. The number of esters is 1. The average Bonchev–Trinajstić information content (AvgIpc) is 3.49. The number of aryl methyl sites for hydroxylation is 3. The van der Waals surface area contributed by atoms with Crippen LogP contribution in [0.3, 0.4) is 0 Å². The van der Waals surface area contributed by atoms with E-state index in [9.17, 15) is 4.79 Å². The van der Waals surface area contributed by atoms with Gasteiger partial charge in [-0.1, -0.05) is 19.0 Å². The highest BCUT2D eigenvalue weighted by Gasteiger charge is 2.26. The summed E-state index contributed by atoms with van der Waals surface area (Å²) in [6, 6.07) is 4.32. The predicted octanol–water partition coefficient (Wildman–Crippen LogP) is 5.56. The molecule has 0 aliphatic carbocycles. The van der Waals surface area contributed by atoms with Gasteiger partial charge in [-0.2, -0.15) is 10.1 Å². The van der Waals surface area contributed by atoms with Gasteiger partial charge in [0.05, 0.1) is 12.5 Å². The highest BCUT2D eigenvalue weighted by Crippen LogP contribution is 2.29. The van der Waals surface area contributed by atoms with Crippen molar-refractivity contribution < 1.29 is 14.1 Å². The van der Waals surface area contributed by atoms with Crippen molar-refractivity contribution >= 4 is 5.97 Å². The third-order valence-electron chi connectivity index (χ3n) is 7.69. The Morgan fingerprint density at radius 2 is 1.82 bits per heavy atom. The highest BCUT2D eigenvalue weighted by molar-refractivity contribution is 5.72. The van der Waals surface area contributed by atoms with E-state index < -0.39 is 0 Å². The van der Waals surface area contributed by atoms with Gasteiger partial charge >= 0.3 is 5.97 Å². The van der Waals surface area contributed by atoms with Crippen LogP contribution in [0.5, 0.6) is 0 Å². The first-order valence-electron chi connectivity index (χ1n) is 14.1. The molecule has 1 aliphatic rings. The molecule has 0 bridgehead atoms. The number of likely N-dealkylation sites (tertiary alicyclic amines) is 1. The summed E-state index contributed by atoms with van der Waals surface area (Å²) < 4.78 is 13.0. The van der Waals surface area contributed by atoms with Crippen LogP contribution in [0.4, 0.5) is 0 Å². The molecule has 4 rings (SSSR count). The summed E-state index contributed by atoms with van der Waals surface area (Å²) in [6.07, 6.45) is 3.71. The van der Waals surface area contributed by atoms with Crippen LogP contribution in [0.1, 0.15) is 68.5 Å². The Kier molecular flexibility index (Phi) is 9.03. The molecule has 1 aromatic carbocycles. The van der Waals surface area contributed by atoms with Crippen molar-refractivity contribution in [3.05, 3.63) is 40.1 Å². The lowest BCUT2D eigenvalue weighted by molar-refractivity contribution is -0.149. The van der Waals surface area contributed by atoms with E-state index in [4.69, 9.17) is 19.3 Å². The van der Waals surface area contributed by atoms with Gasteiger partial charge in [0.2, 0.25) is 5.82 Å². The lowest BCUT2D eigenvalue weighted by Crippen LogP contribution is -2.38. The van der Waals surface area contributed by atoms with E-state index in [1.54, 1.807) is 0 Å². The van der Waals surface area contributed by atoms with Crippen molar-refractivity contribution in [1.29, 1.82) is 0 Å². The third-order valence-corrected chi connectivity index (χ3v) is 7.69. The minimum Gasteiger partial charge on any atom is -0.466 e. The molecule has 3 aromatic rings. The van der Waals surface area contributed by atoms with Gasteiger partial charge in [0.15, 0.2) is 5.69 Å². The standard InChI is InChI=1S/C30H43N5O3/c1-8-35-26(16-19(3)4)22(7)27(32-35)29-31-28(33-38-29)24-17-20(5)25(21(6)18-24)12-15-34-13-10-23(11-14-34)30(36)37-9-2/h17-19,23H,8-16H2,1-7H3. The number of carbonyl (C=O) groups is 1. The van der Waals surface area contributed by atoms with Crippen LogP contribution < -0.4 is 0 Å². The number of nitrogens with zero attached hydrogens (tertiary/aromatic N) is 5. The summed E-state index contributed by atoms with van der Waals surface area (Å²) in [7, 11) is 0. The number of hydrogen-bond acceptors (Lipinski definition) is 7. The van der Waals surface area contributed by atoms with Crippen LogP contribution in [0.15, 0.2) is 16.7 Å². The lowest BCUT2D eigenvalue weighted by Gasteiger charge is -2.31. The van der Waals surface area contributed by atoms with Crippen LogP contribution in [0.25, 0.3) is 23.0 Å². The monoisotopic (exact) mass is 521 g/mol. The molecule has 0 unspecified atom stereocenters. The molecule has 0 spiro atoms. The molecule has 1 fully saturated rings. The number of hydrogen-bond donors (Lipinski definition) is 0. The number of carbonyl (C=O) groups excluding carboxylic acids is 1. The molecule has 0 saturated carbocycles. The Morgan fingerprint density at radius 1 is 1.13 bits per heavy atom. The summed E-state index contributed by atoms with van der Waals surface area (Å²) in [4.78, 5) is 19.2. The molecule has 3 heterocycles. The van der Waals surface area contributed by atoms with Gasteiger partial charge in [-0.05, 0) is 108 Å². The van der Waals surface area contributed by atoms with Crippen molar-refractivity contribution in [3.8, 4) is 23.0 Å². The van der Waals surface area contributed by atoms with Crippen LogP contribution in [0, 0.1) is 32.6 Å². The van der Waals surface area contributed by atoms with Gasteiger partial charge in [-0.25, -0.2) is 0 Å². The Bertz CT molecular complexity index is 1230. The molecule has 8 nitrogen and oxygen atoms in total. The fourth-order valence-corrected chi connectivity index (χ4v) is 5.57. The Morgan fingerprint density at radius 3 is 2.42 bits per heavy atom. The van der Waals surface area contributed by atoms with Gasteiger partial charge in [-0.15, -0.1) is 0 Å². The quantitative estimate of drug-likeness (QED) is 0.323. The SMILES string of the molecule is CCOC(=O)C1CCN(CCc2c(C)cc(-c3noc(-c4nn(CC)c(CC(C)C)c4C)n3)cc2C)CC1. The minimum atomic E-state index is -0.0380. The van der Waals surface area contributed by atoms with Crippen LogP contribution >= 0.6 is 0 Å². The van der Waals surface area contributed by atoms with Crippen molar-refractivity contribution in [2.24, 2.45) is 11.8 Å². The third kappa shape index (κ3) is 6.17. The van der Waals surface area contributed by atoms with E-state index in [1.807, 2.05) is 6.92 Å². The second-order valence-electron chi connectivity index (χ2n) is 11.0. The van der Waals surface area contributed by atoms with Gasteiger partial charge in [0.1, 0.15) is 0 Å². The topological polar surface area (TPSA) is 86.3 Å². The molecular weight excluding hydrogens is 478 g/mol. The zero-order valence-electron chi connectivity index (χ0n) is 24.1. The number of aromatic nitrogens is 4. The van der Waals surface area contributed by atoms with Crippen molar-refractivity contribution in [1.82, 2.24) is 24.8 Å². The molecule has 8 heteroatoms. The second kappa shape index (κ2) is 12.2. The maximum absolute atomic E-state index is 12.0. The molecule has 38 heavy (non-hydrogen) atoms. The van der Waals surface area contributed by atoms with E-state index in [-0.39, 0.29) is 11.9 Å². The van der Waals surface area contributed by atoms with Gasteiger partial charge in [0, 0.05) is 29.9 Å². The fraction of sp³-hybridized carbons (Fsp3) is 0.600. The predicted molar refractivity (Wildman–Crippen MR) is 149 cm³/mol. The Labute approximate surface area is 226 Å². The molecule has 1 aliphatic heterocycles. The summed E-state index contributed by atoms with van der Waals surface area (Å²) in [5, 5.41) is 9.10. The average molecular weight is 522 g/mol. The first-order chi connectivity index (χ1) is 18.2. The first-order valence-corrected chi connectivity index (χ1v) is 14.1. The molecule has 2 aromatic heterocycles.